The van der Waals surface area contributed by atoms with Gasteiger partial charge in [-0.25, -0.2) is 15.0 Å². The lowest BCUT2D eigenvalue weighted by Crippen LogP contribution is -2.50. The molecular formula is C25H26F3N8O2. The van der Waals surface area contributed by atoms with Crippen LogP contribution in [-0.2, 0) is 12.6 Å². The zero-order chi connectivity index (χ0) is 26.3. The number of piperidine rings is 1. The number of aromatic amines is 1. The minimum Gasteiger partial charge on any atom is -0.474 e. The van der Waals surface area contributed by atoms with Crippen molar-refractivity contribution < 1.29 is 23.0 Å². The summed E-state index contributed by atoms with van der Waals surface area (Å²) in [5.41, 5.74) is 2.68. The third-order valence-corrected chi connectivity index (χ3v) is 7.13. The summed E-state index contributed by atoms with van der Waals surface area (Å²) in [4.78, 5) is 21.2. The van der Waals surface area contributed by atoms with Crippen LogP contribution in [0.1, 0.15) is 37.2 Å². The number of aliphatic hydroxyl groups excluding tert-OH is 1. The first kappa shape index (κ1) is 24.7. The number of hydrogen-bond donors (Lipinski definition) is 2. The molecule has 1 radical (unpaired) electrons. The Hall–Kier alpha value is -3.58. The van der Waals surface area contributed by atoms with Gasteiger partial charge in [-0.3, -0.25) is 9.58 Å². The zero-order valence-corrected chi connectivity index (χ0v) is 20.4. The van der Waals surface area contributed by atoms with Crippen LogP contribution in [0.3, 0.4) is 0 Å². The van der Waals surface area contributed by atoms with Crippen molar-refractivity contribution in [1.29, 1.82) is 0 Å². The fourth-order valence-corrected chi connectivity index (χ4v) is 5.08. The number of likely N-dealkylation sites (tertiary alicyclic amines) is 1. The predicted molar refractivity (Wildman–Crippen MR) is 130 cm³/mol. The van der Waals surface area contributed by atoms with Crippen molar-refractivity contribution in [2.24, 2.45) is 0 Å². The normalized spacial score (nSPS) is 18.2. The fraction of sp³-hybridized carbons (Fsp3) is 0.440. The van der Waals surface area contributed by atoms with Gasteiger partial charge in [0.15, 0.2) is 0 Å². The van der Waals surface area contributed by atoms with Gasteiger partial charge in [-0.05, 0) is 31.7 Å². The largest absolute Gasteiger partial charge is 0.474 e. The predicted octanol–water partition coefficient (Wildman–Crippen LogP) is 3.25. The van der Waals surface area contributed by atoms with E-state index < -0.39 is 12.0 Å². The molecule has 0 atom stereocenters. The fourth-order valence-electron chi connectivity index (χ4n) is 5.08. The van der Waals surface area contributed by atoms with Crippen LogP contribution in [0, 0.1) is 6.04 Å². The number of nitrogens with one attached hydrogen (secondary N) is 1. The summed E-state index contributed by atoms with van der Waals surface area (Å²) >= 11 is 0. The summed E-state index contributed by atoms with van der Waals surface area (Å²) < 4.78 is 47.3. The summed E-state index contributed by atoms with van der Waals surface area (Å²) in [7, 11) is 0. The van der Waals surface area contributed by atoms with Gasteiger partial charge in [0.25, 0.3) is 0 Å². The first-order valence-electron chi connectivity index (χ1n) is 12.5. The van der Waals surface area contributed by atoms with E-state index in [1.807, 2.05) is 29.3 Å². The Kier molecular flexibility index (Phi) is 6.48. The van der Waals surface area contributed by atoms with E-state index in [2.05, 4.69) is 34.9 Å². The van der Waals surface area contributed by atoms with Gasteiger partial charge in [0.05, 0.1) is 23.6 Å². The molecule has 1 aliphatic carbocycles. The van der Waals surface area contributed by atoms with E-state index in [1.54, 1.807) is 6.33 Å². The molecule has 5 heterocycles. The molecule has 13 heteroatoms. The first-order valence-corrected chi connectivity index (χ1v) is 12.5. The monoisotopic (exact) mass is 527 g/mol. The van der Waals surface area contributed by atoms with Crippen LogP contribution < -0.4 is 4.74 Å². The van der Waals surface area contributed by atoms with Gasteiger partial charge in [0.2, 0.25) is 11.7 Å². The van der Waals surface area contributed by atoms with E-state index in [4.69, 9.17) is 9.84 Å². The van der Waals surface area contributed by atoms with Crippen molar-refractivity contribution in [3.8, 4) is 17.1 Å². The molecule has 4 aromatic rings. The number of H-pyrrole nitrogens is 1. The Morgan fingerprint density at radius 2 is 1.95 bits per heavy atom. The van der Waals surface area contributed by atoms with Gasteiger partial charge in [0.1, 0.15) is 18.1 Å². The highest BCUT2D eigenvalue weighted by molar-refractivity contribution is 5.90. The summed E-state index contributed by atoms with van der Waals surface area (Å²) in [6.07, 6.45) is 5.51. The van der Waals surface area contributed by atoms with Crippen LogP contribution >= 0.6 is 0 Å². The van der Waals surface area contributed by atoms with Crippen molar-refractivity contribution in [2.45, 2.75) is 50.4 Å². The molecule has 2 aliphatic rings. The highest BCUT2D eigenvalue weighted by Gasteiger charge is 2.39. The van der Waals surface area contributed by atoms with Crippen molar-refractivity contribution in [3.63, 3.8) is 0 Å². The number of aliphatic hydroxyl groups is 1. The minimum absolute atomic E-state index is 0.00812. The molecule has 1 aliphatic heterocycles. The maximum absolute atomic E-state index is 13.2. The lowest BCUT2D eigenvalue weighted by Gasteiger charge is -2.45. The number of rotatable bonds is 7. The smallest absolute Gasteiger partial charge is 0.451 e. The molecule has 0 amide bonds. The number of ether oxygens (including phenoxy) is 1. The molecule has 0 bridgehead atoms. The topological polar surface area (TPSA) is 118 Å². The molecule has 0 unspecified atom stereocenters. The van der Waals surface area contributed by atoms with Crippen molar-refractivity contribution in [1.82, 2.24) is 39.6 Å². The van der Waals surface area contributed by atoms with Gasteiger partial charge < -0.3 is 14.8 Å². The summed E-state index contributed by atoms with van der Waals surface area (Å²) in [5.74, 6) is -1.34. The molecule has 6 rings (SSSR count). The van der Waals surface area contributed by atoms with Gasteiger partial charge in [0, 0.05) is 61.6 Å². The Morgan fingerprint density at radius 3 is 2.71 bits per heavy atom. The Morgan fingerprint density at radius 1 is 1.13 bits per heavy atom. The third-order valence-electron chi connectivity index (χ3n) is 7.13. The van der Waals surface area contributed by atoms with Gasteiger partial charge in [-0.15, -0.1) is 0 Å². The van der Waals surface area contributed by atoms with Crippen LogP contribution in [0.4, 0.5) is 13.2 Å². The molecule has 2 N–H and O–H groups in total. The average Bonchev–Trinajstić information content (AvgIpc) is 3.54. The summed E-state index contributed by atoms with van der Waals surface area (Å²) in [6, 6.07) is 4.97. The second-order valence-corrected chi connectivity index (χ2v) is 9.61. The van der Waals surface area contributed by atoms with E-state index in [0.29, 0.717) is 18.9 Å². The van der Waals surface area contributed by atoms with Gasteiger partial charge >= 0.3 is 6.18 Å². The van der Waals surface area contributed by atoms with E-state index in [-0.39, 0.29) is 30.7 Å². The van der Waals surface area contributed by atoms with E-state index in [9.17, 15) is 13.2 Å². The standard InChI is InChI=1S/C25H26F3N8O2/c26-25(27,28)24-33-16(4-8-37)9-21(34-24)38-19-2-6-35(7-3-19)17-10-18(11-17)36-13-15(12-32-36)22-20-1-5-29-23(20)31-14-30-22/h1,5,9,12-14,17,19,37H,2-4,6-8,10-11H2,(H,29,30,31). The summed E-state index contributed by atoms with van der Waals surface area (Å²) in [6.45, 7) is 1.28. The number of nitrogens with zero attached hydrogens (tertiary/aromatic N) is 7. The molecule has 1 saturated heterocycles. The van der Waals surface area contributed by atoms with Crippen LogP contribution in [0.2, 0.25) is 0 Å². The Balaban J connectivity index is 1.03. The highest BCUT2D eigenvalue weighted by Crippen LogP contribution is 2.37. The number of fused-ring (bicyclic) bond motifs is 1. The molecule has 10 nitrogen and oxygen atoms in total. The van der Waals surface area contributed by atoms with Crippen molar-refractivity contribution in [3.05, 3.63) is 54.6 Å². The SMILES string of the molecule is OCCc1cc(OC2CCN(C3C[C](n4cc(-c5ncnc6[nH]ccc56)cn4)C3)CC2)nc(C(F)(F)F)n1. The average molecular weight is 528 g/mol. The quantitative estimate of drug-likeness (QED) is 0.376. The molecule has 199 valence electrons. The highest BCUT2D eigenvalue weighted by atomic mass is 19.4. The number of aromatic nitrogens is 7. The first-order chi connectivity index (χ1) is 18.4. The number of halogens is 3. The zero-order valence-electron chi connectivity index (χ0n) is 20.4. The lowest BCUT2D eigenvalue weighted by atomic mass is 9.84. The Bertz CT molecular complexity index is 1410. The summed E-state index contributed by atoms with van der Waals surface area (Å²) in [5, 5.41) is 14.6. The molecule has 0 spiro atoms. The van der Waals surface area contributed by atoms with E-state index >= 15 is 0 Å². The molecule has 4 aromatic heterocycles. The maximum atomic E-state index is 13.2. The molecule has 2 fully saturated rings. The van der Waals surface area contributed by atoms with E-state index in [0.717, 1.165) is 48.2 Å². The van der Waals surface area contributed by atoms with Crippen molar-refractivity contribution >= 4 is 11.0 Å². The number of alkyl halides is 3. The molecule has 0 aromatic carbocycles. The van der Waals surface area contributed by atoms with Crippen LogP contribution in [-0.4, -0.2) is 76.5 Å². The van der Waals surface area contributed by atoms with Crippen LogP contribution in [0.15, 0.2) is 37.1 Å². The number of hydrogen-bond acceptors (Lipinski definition) is 8. The van der Waals surface area contributed by atoms with Crippen molar-refractivity contribution in [2.75, 3.05) is 19.7 Å². The van der Waals surface area contributed by atoms with E-state index in [1.165, 1.54) is 12.1 Å². The van der Waals surface area contributed by atoms with Crippen LogP contribution in [0.25, 0.3) is 22.3 Å². The van der Waals surface area contributed by atoms with Gasteiger partial charge in [-0.1, -0.05) is 0 Å². The second-order valence-electron chi connectivity index (χ2n) is 9.61. The van der Waals surface area contributed by atoms with Crippen LogP contribution in [0.5, 0.6) is 5.88 Å². The molecular weight excluding hydrogens is 501 g/mol. The van der Waals surface area contributed by atoms with Gasteiger partial charge in [-0.2, -0.15) is 23.3 Å². The Labute approximate surface area is 215 Å². The third kappa shape index (κ3) is 4.95. The molecule has 38 heavy (non-hydrogen) atoms. The maximum Gasteiger partial charge on any atom is 0.451 e. The minimum atomic E-state index is -4.68. The molecule has 1 saturated carbocycles. The second kappa shape index (κ2) is 9.95. The lowest BCUT2D eigenvalue weighted by molar-refractivity contribution is -0.145.